The van der Waals surface area contributed by atoms with Gasteiger partial charge in [0.25, 0.3) is 0 Å². The molecule has 2 aromatic heterocycles. The van der Waals surface area contributed by atoms with Crippen molar-refractivity contribution >= 4 is 11.6 Å². The molecule has 0 aliphatic carbocycles. The topological polar surface area (TPSA) is 61.8 Å². The van der Waals surface area contributed by atoms with Gasteiger partial charge in [-0.2, -0.15) is 5.26 Å². The van der Waals surface area contributed by atoms with Crippen LogP contribution in [0, 0.1) is 18.3 Å². The van der Waals surface area contributed by atoms with Crippen molar-refractivity contribution in [3.05, 3.63) is 40.3 Å². The van der Waals surface area contributed by atoms with E-state index in [0.29, 0.717) is 22.8 Å². The summed E-state index contributed by atoms with van der Waals surface area (Å²) >= 11 is 6.19. The maximum atomic E-state index is 10.2. The van der Waals surface area contributed by atoms with E-state index >= 15 is 0 Å². The van der Waals surface area contributed by atoms with E-state index in [0.717, 1.165) is 29.8 Å². The number of pyridine rings is 1. The van der Waals surface area contributed by atoms with Crippen molar-refractivity contribution in [2.24, 2.45) is 0 Å². The number of aromatic nitrogens is 2. The minimum absolute atomic E-state index is 0.417. The van der Waals surface area contributed by atoms with Crippen LogP contribution >= 0.6 is 11.6 Å². The van der Waals surface area contributed by atoms with Gasteiger partial charge in [-0.25, -0.2) is 4.98 Å². The highest BCUT2D eigenvalue weighted by Gasteiger charge is 2.29. The van der Waals surface area contributed by atoms with Gasteiger partial charge in [0.15, 0.2) is 0 Å². The van der Waals surface area contributed by atoms with Gasteiger partial charge in [-0.3, -0.25) is 0 Å². The maximum absolute atomic E-state index is 10.2. The third kappa shape index (κ3) is 1.82. The van der Waals surface area contributed by atoms with E-state index in [1.165, 1.54) is 0 Å². The molecule has 0 spiro atoms. The number of nitrogens with zero attached hydrogens (tertiary/aromatic N) is 3. The number of halogens is 1. The van der Waals surface area contributed by atoms with E-state index in [1.54, 1.807) is 6.20 Å². The van der Waals surface area contributed by atoms with Crippen molar-refractivity contribution in [1.29, 1.82) is 5.26 Å². The van der Waals surface area contributed by atoms with Crippen molar-refractivity contribution in [1.82, 2.24) is 9.55 Å². The van der Waals surface area contributed by atoms with Gasteiger partial charge >= 0.3 is 0 Å². The highest BCUT2D eigenvalue weighted by atomic mass is 35.5. The quantitative estimate of drug-likeness (QED) is 0.819. The average Bonchev–Trinajstić information content (AvgIpc) is 2.73. The number of fused-ring (bicyclic) bond motifs is 1. The first-order valence-corrected chi connectivity index (χ1v) is 6.95. The third-order valence-corrected chi connectivity index (χ3v) is 4.15. The predicted octanol–water partition coefficient (Wildman–Crippen LogP) is 3.21. The number of aliphatic hydroxyl groups is 1. The Balaban J connectivity index is 2.33. The third-order valence-electron chi connectivity index (χ3n) is 3.85. The molecule has 1 unspecified atom stereocenters. The largest absolute Gasteiger partial charge is 0.387 e. The van der Waals surface area contributed by atoms with E-state index in [4.69, 9.17) is 11.6 Å². The Kier molecular flexibility index (Phi) is 3.25. The van der Waals surface area contributed by atoms with Crippen LogP contribution in [-0.2, 0) is 6.54 Å². The van der Waals surface area contributed by atoms with E-state index in [9.17, 15) is 10.4 Å². The molecule has 0 aromatic carbocycles. The fourth-order valence-corrected chi connectivity index (χ4v) is 3.19. The van der Waals surface area contributed by atoms with Gasteiger partial charge in [-0.05, 0) is 37.5 Å². The molecule has 20 heavy (non-hydrogen) atoms. The highest BCUT2D eigenvalue weighted by Crippen LogP contribution is 2.39. The van der Waals surface area contributed by atoms with Crippen molar-refractivity contribution in [2.75, 3.05) is 0 Å². The molecule has 3 heterocycles. The zero-order chi connectivity index (χ0) is 14.3. The minimum atomic E-state index is -0.582. The van der Waals surface area contributed by atoms with E-state index in [-0.39, 0.29) is 0 Å². The molecule has 2 aromatic rings. The summed E-state index contributed by atoms with van der Waals surface area (Å²) < 4.78 is 2.02. The average molecular weight is 288 g/mol. The number of nitriles is 1. The summed E-state index contributed by atoms with van der Waals surface area (Å²) in [5.74, 6) is 0. The van der Waals surface area contributed by atoms with Crippen LogP contribution in [0.5, 0.6) is 0 Å². The van der Waals surface area contributed by atoms with Crippen LogP contribution in [0.15, 0.2) is 18.3 Å². The Labute approximate surface area is 122 Å². The lowest BCUT2D eigenvalue weighted by Crippen LogP contribution is -2.16. The molecule has 5 heteroatoms. The lowest BCUT2D eigenvalue weighted by Gasteiger charge is -2.23. The molecule has 0 fully saturated rings. The van der Waals surface area contributed by atoms with Crippen LogP contribution in [-0.4, -0.2) is 14.7 Å². The van der Waals surface area contributed by atoms with Gasteiger partial charge in [0.05, 0.1) is 23.1 Å². The molecule has 1 atom stereocenters. The molecule has 1 aliphatic rings. The molecule has 0 amide bonds. The van der Waals surface area contributed by atoms with Crippen LogP contribution in [0.3, 0.4) is 0 Å². The molecule has 102 valence electrons. The minimum Gasteiger partial charge on any atom is -0.387 e. The zero-order valence-electron chi connectivity index (χ0n) is 11.1. The smallest absolute Gasteiger partial charge is 0.138 e. The molecule has 1 aliphatic heterocycles. The zero-order valence-corrected chi connectivity index (χ0v) is 11.9. The Bertz CT molecular complexity index is 715. The predicted molar refractivity (Wildman–Crippen MR) is 76.3 cm³/mol. The van der Waals surface area contributed by atoms with Crippen molar-refractivity contribution in [3.8, 4) is 17.3 Å². The standard InChI is InChI=1S/C15H14ClN3O/c1-9-11(8-17)14-12(20)5-3-7-19(14)13(9)10-4-2-6-18-15(10)16/h2,4,6,12,20H,3,5,7H2,1H3. The molecule has 1 N–H and O–H groups in total. The Hall–Kier alpha value is -1.83. The summed E-state index contributed by atoms with van der Waals surface area (Å²) in [6.45, 7) is 2.69. The summed E-state index contributed by atoms with van der Waals surface area (Å²) in [5, 5.41) is 20.0. The van der Waals surface area contributed by atoms with Crippen LogP contribution in [0.2, 0.25) is 5.15 Å². The van der Waals surface area contributed by atoms with Crippen LogP contribution < -0.4 is 0 Å². The number of rotatable bonds is 1. The normalized spacial score (nSPS) is 17.6. The summed E-state index contributed by atoms with van der Waals surface area (Å²) in [7, 11) is 0. The summed E-state index contributed by atoms with van der Waals surface area (Å²) in [4.78, 5) is 4.11. The molecular formula is C15H14ClN3O. The molecular weight excluding hydrogens is 274 g/mol. The summed E-state index contributed by atoms with van der Waals surface area (Å²) in [6.07, 6.45) is 2.64. The summed E-state index contributed by atoms with van der Waals surface area (Å²) in [6, 6.07) is 5.94. The fourth-order valence-electron chi connectivity index (χ4n) is 2.98. The molecule has 0 saturated heterocycles. The lowest BCUT2D eigenvalue weighted by molar-refractivity contribution is 0.139. The SMILES string of the molecule is Cc1c(C#N)c2n(c1-c1cccnc1Cl)CCCC2O. The lowest BCUT2D eigenvalue weighted by atomic mass is 10.0. The molecule has 0 radical (unpaired) electrons. The molecule has 3 rings (SSSR count). The Morgan fingerprint density at radius 3 is 3.05 bits per heavy atom. The van der Waals surface area contributed by atoms with E-state index in [2.05, 4.69) is 11.1 Å². The van der Waals surface area contributed by atoms with E-state index < -0.39 is 6.10 Å². The van der Waals surface area contributed by atoms with Crippen LogP contribution in [0.4, 0.5) is 0 Å². The number of aliphatic hydroxyl groups excluding tert-OH is 1. The highest BCUT2D eigenvalue weighted by molar-refractivity contribution is 6.32. The maximum Gasteiger partial charge on any atom is 0.138 e. The first kappa shape index (κ1) is 13.2. The number of hydrogen-bond acceptors (Lipinski definition) is 3. The van der Waals surface area contributed by atoms with Crippen LogP contribution in [0.1, 0.15) is 35.8 Å². The van der Waals surface area contributed by atoms with Gasteiger partial charge in [0.1, 0.15) is 11.2 Å². The second kappa shape index (κ2) is 4.93. The second-order valence-corrected chi connectivity index (χ2v) is 5.36. The van der Waals surface area contributed by atoms with Gasteiger partial charge in [-0.1, -0.05) is 11.6 Å². The Morgan fingerprint density at radius 2 is 2.35 bits per heavy atom. The second-order valence-electron chi connectivity index (χ2n) is 5.00. The molecule has 0 saturated carbocycles. The van der Waals surface area contributed by atoms with Gasteiger partial charge in [0, 0.05) is 18.3 Å². The van der Waals surface area contributed by atoms with Gasteiger partial charge in [0.2, 0.25) is 0 Å². The van der Waals surface area contributed by atoms with E-state index in [1.807, 2.05) is 23.6 Å². The molecule has 0 bridgehead atoms. The van der Waals surface area contributed by atoms with Gasteiger partial charge < -0.3 is 9.67 Å². The van der Waals surface area contributed by atoms with Crippen molar-refractivity contribution in [3.63, 3.8) is 0 Å². The van der Waals surface area contributed by atoms with Crippen LogP contribution in [0.25, 0.3) is 11.3 Å². The molecule has 4 nitrogen and oxygen atoms in total. The van der Waals surface area contributed by atoms with Crippen molar-refractivity contribution < 1.29 is 5.11 Å². The monoisotopic (exact) mass is 287 g/mol. The Morgan fingerprint density at radius 1 is 1.55 bits per heavy atom. The first-order valence-electron chi connectivity index (χ1n) is 6.57. The number of hydrogen-bond donors (Lipinski definition) is 1. The summed E-state index contributed by atoms with van der Waals surface area (Å²) in [5.41, 5.74) is 3.84. The van der Waals surface area contributed by atoms with Crippen molar-refractivity contribution in [2.45, 2.75) is 32.4 Å². The fraction of sp³-hybridized carbons (Fsp3) is 0.333. The first-order chi connectivity index (χ1) is 9.65. The van der Waals surface area contributed by atoms with Gasteiger partial charge in [-0.15, -0.1) is 0 Å².